The molecule has 0 bridgehead atoms. The van der Waals surface area contributed by atoms with Gasteiger partial charge in [-0.05, 0) is 36.6 Å². The zero-order valence-corrected chi connectivity index (χ0v) is 12.3. The number of nitrogens with one attached hydrogen (secondary N) is 1. The number of hydrogen-bond donors (Lipinski definition) is 1. The van der Waals surface area contributed by atoms with E-state index in [-0.39, 0.29) is 0 Å². The fourth-order valence-electron chi connectivity index (χ4n) is 2.28. The van der Waals surface area contributed by atoms with Crippen LogP contribution in [0.3, 0.4) is 0 Å². The van der Waals surface area contributed by atoms with Crippen LogP contribution in [0.2, 0.25) is 0 Å². The van der Waals surface area contributed by atoms with Gasteiger partial charge < -0.3 is 5.32 Å². The van der Waals surface area contributed by atoms with E-state index in [1.54, 1.807) is 26.2 Å². The first-order chi connectivity index (χ1) is 9.48. The van der Waals surface area contributed by atoms with Gasteiger partial charge in [0.25, 0.3) is 10.0 Å². The molecule has 3 rings (SSSR count). The molecular weight excluding hydrogens is 274 g/mol. The van der Waals surface area contributed by atoms with Gasteiger partial charge in [-0.1, -0.05) is 12.1 Å². The first-order valence-corrected chi connectivity index (χ1v) is 8.11. The van der Waals surface area contributed by atoms with E-state index in [0.717, 1.165) is 28.3 Å². The summed E-state index contributed by atoms with van der Waals surface area (Å²) >= 11 is 0. The van der Waals surface area contributed by atoms with Crippen molar-refractivity contribution in [1.82, 2.24) is 14.5 Å². The standard InChI is InChI=1S/C14H17N3O2S/c1-10(2)20(18,19)17-9-14(8-16-17)11-3-4-12-6-15-7-13(12)5-11/h3-5,8-10,15H,6-7H2,1-2H3. The third-order valence-electron chi connectivity index (χ3n) is 3.59. The lowest BCUT2D eigenvalue weighted by Crippen LogP contribution is -2.22. The van der Waals surface area contributed by atoms with E-state index in [0.29, 0.717) is 0 Å². The lowest BCUT2D eigenvalue weighted by molar-refractivity contribution is 0.571. The second-order valence-corrected chi connectivity index (χ2v) is 7.63. The second kappa shape index (κ2) is 4.71. The Morgan fingerprint density at radius 3 is 2.70 bits per heavy atom. The maximum absolute atomic E-state index is 12.1. The van der Waals surface area contributed by atoms with Crippen molar-refractivity contribution in [3.8, 4) is 11.1 Å². The Labute approximate surface area is 118 Å². The highest BCUT2D eigenvalue weighted by atomic mass is 32.2. The van der Waals surface area contributed by atoms with E-state index in [4.69, 9.17) is 0 Å². The molecule has 0 unspecified atom stereocenters. The third kappa shape index (κ3) is 2.14. The Hall–Kier alpha value is -1.66. The van der Waals surface area contributed by atoms with E-state index in [1.807, 2.05) is 6.07 Å². The van der Waals surface area contributed by atoms with Crippen molar-refractivity contribution in [2.45, 2.75) is 32.2 Å². The summed E-state index contributed by atoms with van der Waals surface area (Å²) in [5.41, 5.74) is 4.39. The highest BCUT2D eigenvalue weighted by molar-refractivity contribution is 7.90. The highest BCUT2D eigenvalue weighted by Crippen LogP contribution is 2.25. The summed E-state index contributed by atoms with van der Waals surface area (Å²) in [6.45, 7) is 5.06. The van der Waals surface area contributed by atoms with E-state index in [9.17, 15) is 8.42 Å². The fourth-order valence-corrected chi connectivity index (χ4v) is 3.15. The monoisotopic (exact) mass is 291 g/mol. The van der Waals surface area contributed by atoms with Crippen molar-refractivity contribution in [2.75, 3.05) is 0 Å². The first-order valence-electron chi connectivity index (χ1n) is 6.60. The van der Waals surface area contributed by atoms with Crippen molar-refractivity contribution in [2.24, 2.45) is 0 Å². The molecule has 0 radical (unpaired) electrons. The molecular formula is C14H17N3O2S. The second-order valence-electron chi connectivity index (χ2n) is 5.28. The van der Waals surface area contributed by atoms with Gasteiger partial charge in [0, 0.05) is 18.7 Å². The number of rotatable bonds is 3. The Bertz CT molecular complexity index is 748. The summed E-state index contributed by atoms with van der Waals surface area (Å²) < 4.78 is 25.2. The summed E-state index contributed by atoms with van der Waals surface area (Å²) in [7, 11) is -3.38. The lowest BCUT2D eigenvalue weighted by atomic mass is 10.0. The molecule has 0 spiro atoms. The molecule has 0 saturated carbocycles. The van der Waals surface area contributed by atoms with Gasteiger partial charge in [0.2, 0.25) is 0 Å². The molecule has 1 aliphatic rings. The fraction of sp³-hybridized carbons (Fsp3) is 0.357. The molecule has 0 amide bonds. The van der Waals surface area contributed by atoms with Crippen LogP contribution < -0.4 is 5.32 Å². The van der Waals surface area contributed by atoms with Gasteiger partial charge in [-0.15, -0.1) is 0 Å². The minimum Gasteiger partial charge on any atom is -0.309 e. The van der Waals surface area contributed by atoms with Crippen LogP contribution in [0.15, 0.2) is 30.6 Å². The minimum absolute atomic E-state index is 0.487. The van der Waals surface area contributed by atoms with E-state index in [1.165, 1.54) is 11.1 Å². The molecule has 0 aliphatic carbocycles. The van der Waals surface area contributed by atoms with Crippen LogP contribution in [0.4, 0.5) is 0 Å². The normalized spacial score (nSPS) is 14.8. The zero-order chi connectivity index (χ0) is 14.3. The largest absolute Gasteiger partial charge is 0.309 e. The smallest absolute Gasteiger partial charge is 0.256 e. The molecule has 1 aromatic heterocycles. The van der Waals surface area contributed by atoms with Gasteiger partial charge >= 0.3 is 0 Å². The molecule has 2 heterocycles. The minimum atomic E-state index is -3.38. The molecule has 1 aliphatic heterocycles. The van der Waals surface area contributed by atoms with Gasteiger partial charge in [0.1, 0.15) is 0 Å². The van der Waals surface area contributed by atoms with Gasteiger partial charge in [-0.2, -0.15) is 9.19 Å². The molecule has 1 aromatic carbocycles. The predicted octanol–water partition coefficient (Wildman–Crippen LogP) is 1.74. The van der Waals surface area contributed by atoms with Gasteiger partial charge in [0.05, 0.1) is 17.6 Å². The molecule has 5 nitrogen and oxygen atoms in total. The van der Waals surface area contributed by atoms with Crippen LogP contribution in [0.1, 0.15) is 25.0 Å². The van der Waals surface area contributed by atoms with Crippen LogP contribution in [0, 0.1) is 0 Å². The molecule has 20 heavy (non-hydrogen) atoms. The predicted molar refractivity (Wildman–Crippen MR) is 77.7 cm³/mol. The Morgan fingerprint density at radius 1 is 1.20 bits per heavy atom. The number of nitrogens with zero attached hydrogens (tertiary/aromatic N) is 2. The van der Waals surface area contributed by atoms with E-state index in [2.05, 4.69) is 22.5 Å². The first kappa shape index (κ1) is 13.3. The highest BCUT2D eigenvalue weighted by Gasteiger charge is 2.20. The van der Waals surface area contributed by atoms with Crippen LogP contribution in [0.5, 0.6) is 0 Å². The van der Waals surface area contributed by atoms with Crippen LogP contribution in [-0.2, 0) is 23.1 Å². The van der Waals surface area contributed by atoms with Crippen molar-refractivity contribution in [1.29, 1.82) is 0 Å². The van der Waals surface area contributed by atoms with Gasteiger partial charge in [-0.25, -0.2) is 8.42 Å². The quantitative estimate of drug-likeness (QED) is 0.935. The van der Waals surface area contributed by atoms with Crippen LogP contribution in [0.25, 0.3) is 11.1 Å². The summed E-state index contributed by atoms with van der Waals surface area (Å²) in [5.74, 6) is 0. The van der Waals surface area contributed by atoms with Crippen LogP contribution in [-0.4, -0.2) is 22.9 Å². The van der Waals surface area contributed by atoms with Crippen molar-refractivity contribution in [3.63, 3.8) is 0 Å². The SMILES string of the molecule is CC(C)S(=O)(=O)n1cc(-c2ccc3c(c2)CNC3)cn1. The summed E-state index contributed by atoms with van der Waals surface area (Å²) in [6, 6.07) is 6.19. The Balaban J connectivity index is 1.99. The molecule has 0 atom stereocenters. The number of hydrogen-bond acceptors (Lipinski definition) is 4. The maximum Gasteiger partial charge on any atom is 0.256 e. The Kier molecular flexibility index (Phi) is 3.14. The number of aromatic nitrogens is 2. The Morgan fingerprint density at radius 2 is 1.95 bits per heavy atom. The molecule has 1 N–H and O–H groups in total. The topological polar surface area (TPSA) is 64.0 Å². The van der Waals surface area contributed by atoms with Gasteiger partial charge in [-0.3, -0.25) is 0 Å². The molecule has 0 saturated heterocycles. The maximum atomic E-state index is 12.1. The van der Waals surface area contributed by atoms with Crippen molar-refractivity contribution < 1.29 is 8.42 Å². The summed E-state index contributed by atoms with van der Waals surface area (Å²) in [4.78, 5) is 0. The number of benzene rings is 1. The van der Waals surface area contributed by atoms with E-state index < -0.39 is 15.3 Å². The van der Waals surface area contributed by atoms with Crippen molar-refractivity contribution in [3.05, 3.63) is 41.7 Å². The average molecular weight is 291 g/mol. The van der Waals surface area contributed by atoms with Gasteiger partial charge in [0.15, 0.2) is 0 Å². The third-order valence-corrected chi connectivity index (χ3v) is 5.50. The molecule has 0 fully saturated rings. The molecule has 6 heteroatoms. The van der Waals surface area contributed by atoms with Crippen LogP contribution >= 0.6 is 0 Å². The number of fused-ring (bicyclic) bond motifs is 1. The van der Waals surface area contributed by atoms with E-state index >= 15 is 0 Å². The lowest BCUT2D eigenvalue weighted by Gasteiger charge is -2.06. The average Bonchev–Trinajstić information content (AvgIpc) is 3.06. The van der Waals surface area contributed by atoms with Crippen molar-refractivity contribution >= 4 is 10.0 Å². The molecule has 2 aromatic rings. The zero-order valence-electron chi connectivity index (χ0n) is 11.5. The summed E-state index contributed by atoms with van der Waals surface area (Å²) in [6.07, 6.45) is 3.18. The summed E-state index contributed by atoms with van der Waals surface area (Å²) in [5, 5.41) is 6.80. The molecule has 106 valence electrons.